The quantitative estimate of drug-likeness (QED) is 0.546. The van der Waals surface area contributed by atoms with Crippen LogP contribution in [0.2, 0.25) is 0 Å². The number of nitrogens with one attached hydrogen (secondary N) is 1. The van der Waals surface area contributed by atoms with Gasteiger partial charge in [-0.2, -0.15) is 4.31 Å². The van der Waals surface area contributed by atoms with Gasteiger partial charge >= 0.3 is 12.1 Å². The highest BCUT2D eigenvalue weighted by atomic mass is 32.2. The molecule has 1 amide bonds. The number of alkyl carbamates (subject to hydrolysis) is 1. The molecule has 0 aliphatic heterocycles. The minimum absolute atomic E-state index is 0.0928. The number of hydrogen-bond donors (Lipinski definition) is 2. The number of carbonyl (C=O) groups excluding carboxylic acids is 1. The van der Waals surface area contributed by atoms with E-state index in [4.69, 9.17) is 9.84 Å². The Morgan fingerprint density at radius 2 is 1.64 bits per heavy atom. The molecule has 2 N–H and O–H groups in total. The first-order valence-electron chi connectivity index (χ1n) is 10.9. The fourth-order valence-corrected chi connectivity index (χ4v) is 4.91. The Bertz CT molecular complexity index is 1070. The van der Waals surface area contributed by atoms with E-state index in [-0.39, 0.29) is 25.0 Å². The fraction of sp³-hybridized carbons (Fsp3) is 0.417. The second kappa shape index (κ2) is 10.4. The number of hydrogen-bond acceptors (Lipinski definition) is 5. The minimum Gasteiger partial charge on any atom is -0.480 e. The van der Waals surface area contributed by atoms with E-state index in [1.54, 1.807) is 0 Å². The van der Waals surface area contributed by atoms with Gasteiger partial charge in [-0.1, -0.05) is 68.8 Å². The third kappa shape index (κ3) is 5.91. The van der Waals surface area contributed by atoms with Gasteiger partial charge in [0.1, 0.15) is 13.2 Å². The summed E-state index contributed by atoms with van der Waals surface area (Å²) in [7, 11) is -3.76. The standard InChI is InChI=1S/C24H30N2O6S/c1-4-16(2)22(13-26(14-23(27)28)33(3,30)31)25-24(29)32-15-21-19-11-7-5-9-17(19)18-10-6-8-12-20(18)21/h5-12,16,21-22H,4,13-15H2,1-3H3,(H,25,29)(H,27,28). The van der Waals surface area contributed by atoms with Gasteiger partial charge in [0.25, 0.3) is 0 Å². The number of nitrogens with zero attached hydrogens (tertiary/aromatic N) is 1. The Balaban J connectivity index is 1.71. The lowest BCUT2D eigenvalue weighted by Gasteiger charge is -2.29. The smallest absolute Gasteiger partial charge is 0.407 e. The number of carboxylic acid groups (broad SMARTS) is 1. The van der Waals surface area contributed by atoms with Crippen LogP contribution >= 0.6 is 0 Å². The Morgan fingerprint density at radius 3 is 2.12 bits per heavy atom. The van der Waals surface area contributed by atoms with Crippen LogP contribution in [0, 0.1) is 5.92 Å². The second-order valence-electron chi connectivity index (χ2n) is 8.41. The van der Waals surface area contributed by atoms with Gasteiger partial charge in [-0.3, -0.25) is 4.79 Å². The summed E-state index contributed by atoms with van der Waals surface area (Å²) < 4.78 is 30.5. The number of sulfonamides is 1. The molecule has 0 aromatic heterocycles. The predicted octanol–water partition coefficient (Wildman–Crippen LogP) is 3.29. The van der Waals surface area contributed by atoms with E-state index in [0.717, 1.165) is 32.8 Å². The number of fused-ring (bicyclic) bond motifs is 3. The summed E-state index contributed by atoms with van der Waals surface area (Å²) in [5.41, 5.74) is 4.43. The molecule has 0 saturated carbocycles. The van der Waals surface area contributed by atoms with Crippen molar-refractivity contribution in [3.63, 3.8) is 0 Å². The molecule has 0 spiro atoms. The van der Waals surface area contributed by atoms with Gasteiger partial charge in [0, 0.05) is 18.5 Å². The average molecular weight is 475 g/mol. The normalized spacial score (nSPS) is 14.9. The number of amides is 1. The maximum Gasteiger partial charge on any atom is 0.407 e. The summed E-state index contributed by atoms with van der Waals surface area (Å²) in [6.07, 6.45) is 0.960. The molecule has 0 fully saturated rings. The average Bonchev–Trinajstić information content (AvgIpc) is 3.09. The third-order valence-corrected chi connectivity index (χ3v) is 7.37. The van der Waals surface area contributed by atoms with E-state index < -0.39 is 34.7 Å². The van der Waals surface area contributed by atoms with E-state index in [9.17, 15) is 18.0 Å². The van der Waals surface area contributed by atoms with Crippen molar-refractivity contribution in [3.8, 4) is 11.1 Å². The molecular weight excluding hydrogens is 444 g/mol. The zero-order valence-corrected chi connectivity index (χ0v) is 19.8. The van der Waals surface area contributed by atoms with E-state index in [0.29, 0.717) is 6.42 Å². The molecule has 0 bridgehead atoms. The molecule has 2 aromatic rings. The molecular formula is C24H30N2O6S. The van der Waals surface area contributed by atoms with Crippen molar-refractivity contribution >= 4 is 22.1 Å². The van der Waals surface area contributed by atoms with Crippen LogP contribution in [0.3, 0.4) is 0 Å². The summed E-state index contributed by atoms with van der Waals surface area (Å²) in [5, 5.41) is 11.8. The van der Waals surface area contributed by atoms with Gasteiger partial charge in [-0.25, -0.2) is 13.2 Å². The van der Waals surface area contributed by atoms with E-state index in [2.05, 4.69) is 17.4 Å². The van der Waals surface area contributed by atoms with Crippen LogP contribution in [0.1, 0.15) is 37.3 Å². The van der Waals surface area contributed by atoms with Gasteiger partial charge < -0.3 is 15.2 Å². The molecule has 9 heteroatoms. The van der Waals surface area contributed by atoms with Crippen LogP contribution in [0.25, 0.3) is 11.1 Å². The van der Waals surface area contributed by atoms with Crippen LogP contribution < -0.4 is 5.32 Å². The van der Waals surface area contributed by atoms with Crippen LogP contribution in [-0.4, -0.2) is 61.9 Å². The van der Waals surface area contributed by atoms with Crippen molar-refractivity contribution in [2.45, 2.75) is 32.2 Å². The topological polar surface area (TPSA) is 113 Å². The van der Waals surface area contributed by atoms with Crippen LogP contribution in [0.4, 0.5) is 4.79 Å². The first-order chi connectivity index (χ1) is 15.6. The Morgan fingerprint density at radius 1 is 1.09 bits per heavy atom. The highest BCUT2D eigenvalue weighted by Gasteiger charge is 2.31. The lowest BCUT2D eigenvalue weighted by Crippen LogP contribution is -2.50. The lowest BCUT2D eigenvalue weighted by atomic mass is 9.98. The molecule has 178 valence electrons. The Hall–Kier alpha value is -2.91. The predicted molar refractivity (Wildman–Crippen MR) is 126 cm³/mol. The number of rotatable bonds is 10. The van der Waals surface area contributed by atoms with E-state index in [1.807, 2.05) is 50.2 Å². The molecule has 1 aliphatic rings. The molecule has 33 heavy (non-hydrogen) atoms. The van der Waals surface area contributed by atoms with Crippen LogP contribution in [0.5, 0.6) is 0 Å². The van der Waals surface area contributed by atoms with Crippen molar-refractivity contribution in [1.82, 2.24) is 9.62 Å². The van der Waals surface area contributed by atoms with Crippen molar-refractivity contribution in [1.29, 1.82) is 0 Å². The largest absolute Gasteiger partial charge is 0.480 e. The zero-order chi connectivity index (χ0) is 24.2. The Labute approximate surface area is 194 Å². The lowest BCUT2D eigenvalue weighted by molar-refractivity contribution is -0.137. The first kappa shape index (κ1) is 24.7. The summed E-state index contributed by atoms with van der Waals surface area (Å²) in [6, 6.07) is 15.4. The summed E-state index contributed by atoms with van der Waals surface area (Å²) >= 11 is 0. The molecule has 0 heterocycles. The van der Waals surface area contributed by atoms with Crippen molar-refractivity contribution in [2.75, 3.05) is 26.0 Å². The molecule has 3 rings (SSSR count). The molecule has 8 nitrogen and oxygen atoms in total. The van der Waals surface area contributed by atoms with Gasteiger partial charge in [0.2, 0.25) is 10.0 Å². The number of benzene rings is 2. The molecule has 0 radical (unpaired) electrons. The molecule has 0 saturated heterocycles. The maximum absolute atomic E-state index is 12.7. The van der Waals surface area contributed by atoms with Crippen LogP contribution in [0.15, 0.2) is 48.5 Å². The van der Waals surface area contributed by atoms with E-state index >= 15 is 0 Å². The minimum atomic E-state index is -3.76. The first-order valence-corrected chi connectivity index (χ1v) is 12.7. The SMILES string of the molecule is CCC(C)C(CN(CC(=O)O)S(C)(=O)=O)NC(=O)OCC1c2ccccc2-c2ccccc21. The number of ether oxygens (including phenoxy) is 1. The summed E-state index contributed by atoms with van der Waals surface area (Å²) in [5.74, 6) is -1.45. The molecule has 1 aliphatic carbocycles. The number of carbonyl (C=O) groups is 2. The maximum atomic E-state index is 12.7. The third-order valence-electron chi connectivity index (χ3n) is 6.16. The highest BCUT2D eigenvalue weighted by Crippen LogP contribution is 2.44. The number of carboxylic acids is 1. The Kier molecular flexibility index (Phi) is 7.76. The van der Waals surface area contributed by atoms with E-state index in [1.165, 1.54) is 0 Å². The summed E-state index contributed by atoms with van der Waals surface area (Å²) in [6.45, 7) is 3.11. The highest BCUT2D eigenvalue weighted by molar-refractivity contribution is 7.88. The van der Waals surface area contributed by atoms with Crippen molar-refractivity contribution in [3.05, 3.63) is 59.7 Å². The summed E-state index contributed by atoms with van der Waals surface area (Å²) in [4.78, 5) is 23.8. The van der Waals surface area contributed by atoms with Crippen LogP contribution in [-0.2, 0) is 19.6 Å². The van der Waals surface area contributed by atoms with Crippen molar-refractivity contribution < 1.29 is 27.9 Å². The monoisotopic (exact) mass is 474 g/mol. The molecule has 2 aromatic carbocycles. The fourth-order valence-electron chi connectivity index (χ4n) is 4.13. The van der Waals surface area contributed by atoms with Gasteiger partial charge in [-0.05, 0) is 28.2 Å². The number of aliphatic carboxylic acids is 1. The van der Waals surface area contributed by atoms with Gasteiger partial charge in [0.15, 0.2) is 0 Å². The molecule has 2 unspecified atom stereocenters. The van der Waals surface area contributed by atoms with Crippen molar-refractivity contribution in [2.24, 2.45) is 5.92 Å². The zero-order valence-electron chi connectivity index (χ0n) is 19.0. The second-order valence-corrected chi connectivity index (χ2v) is 10.4. The van der Waals surface area contributed by atoms with Gasteiger partial charge in [-0.15, -0.1) is 0 Å². The van der Waals surface area contributed by atoms with Gasteiger partial charge in [0.05, 0.1) is 6.26 Å². The molecule has 2 atom stereocenters.